The number of anilines is 2. The number of amides is 2. The van der Waals surface area contributed by atoms with E-state index in [0.717, 1.165) is 11.3 Å². The Morgan fingerprint density at radius 1 is 1.03 bits per heavy atom. The number of carbonyl (C=O) groups excluding carboxylic acids is 2. The molecule has 10 nitrogen and oxygen atoms in total. The van der Waals surface area contributed by atoms with E-state index < -0.39 is 11.5 Å². The van der Waals surface area contributed by atoms with Gasteiger partial charge in [-0.25, -0.2) is 4.98 Å². The van der Waals surface area contributed by atoms with Gasteiger partial charge in [0.1, 0.15) is 12.9 Å². The molecule has 156 valence electrons. The fourth-order valence-corrected chi connectivity index (χ4v) is 3.09. The van der Waals surface area contributed by atoms with Gasteiger partial charge < -0.3 is 10.6 Å². The summed E-state index contributed by atoms with van der Waals surface area (Å²) in [5, 5.41) is 13.4. The van der Waals surface area contributed by atoms with Crippen LogP contribution in [0.4, 0.5) is 11.4 Å². The molecule has 0 aliphatic rings. The summed E-state index contributed by atoms with van der Waals surface area (Å²) < 4.78 is 2.67. The Kier molecular flexibility index (Phi) is 5.27. The number of nitrogens with zero attached hydrogens (tertiary/aromatic N) is 5. The van der Waals surface area contributed by atoms with Crippen molar-refractivity contribution >= 4 is 34.4 Å². The second-order valence-electron chi connectivity index (χ2n) is 7.00. The van der Waals surface area contributed by atoms with Gasteiger partial charge in [0.25, 0.3) is 5.56 Å². The zero-order valence-corrected chi connectivity index (χ0v) is 16.9. The summed E-state index contributed by atoms with van der Waals surface area (Å²) in [5.41, 5.74) is 2.88. The minimum absolute atomic E-state index is 0.0801. The highest BCUT2D eigenvalue weighted by Gasteiger charge is 2.15. The van der Waals surface area contributed by atoms with Crippen molar-refractivity contribution in [3.63, 3.8) is 0 Å². The van der Waals surface area contributed by atoms with E-state index in [1.54, 1.807) is 24.3 Å². The molecule has 2 aromatic heterocycles. The maximum Gasteiger partial charge on any atom is 0.284 e. The van der Waals surface area contributed by atoms with E-state index >= 15 is 0 Å². The minimum Gasteiger partial charge on any atom is -0.326 e. The topological polar surface area (TPSA) is 124 Å². The third kappa shape index (κ3) is 4.32. The SMILES string of the molecule is CC(=O)Nc1ccc(NC(=O)Cn2cnc3c(nnn3-c3cccc(C)c3)c2=O)cc1. The largest absolute Gasteiger partial charge is 0.326 e. The number of nitrogens with one attached hydrogen (secondary N) is 2. The first kappa shape index (κ1) is 20.0. The second-order valence-corrected chi connectivity index (χ2v) is 7.00. The van der Waals surface area contributed by atoms with Gasteiger partial charge in [-0.2, -0.15) is 4.68 Å². The van der Waals surface area contributed by atoms with Crippen molar-refractivity contribution in [2.45, 2.75) is 20.4 Å². The molecule has 2 N–H and O–H groups in total. The van der Waals surface area contributed by atoms with E-state index in [0.29, 0.717) is 17.0 Å². The summed E-state index contributed by atoms with van der Waals surface area (Å²) in [6, 6.07) is 14.2. The molecule has 0 saturated heterocycles. The zero-order valence-electron chi connectivity index (χ0n) is 16.9. The van der Waals surface area contributed by atoms with E-state index in [2.05, 4.69) is 25.9 Å². The molecule has 0 radical (unpaired) electrons. The molecule has 0 bridgehead atoms. The number of carbonyl (C=O) groups is 2. The summed E-state index contributed by atoms with van der Waals surface area (Å²) in [6.45, 7) is 3.14. The lowest BCUT2D eigenvalue weighted by Crippen LogP contribution is -2.28. The number of benzene rings is 2. The quantitative estimate of drug-likeness (QED) is 0.511. The molecule has 2 amide bonds. The Bertz CT molecular complexity index is 1340. The third-order valence-corrected chi connectivity index (χ3v) is 4.48. The van der Waals surface area contributed by atoms with Crippen LogP contribution in [-0.4, -0.2) is 36.4 Å². The monoisotopic (exact) mass is 417 g/mol. The molecule has 4 rings (SSSR count). The van der Waals surface area contributed by atoms with E-state index in [1.807, 2.05) is 31.2 Å². The van der Waals surface area contributed by atoms with Crippen LogP contribution in [0.2, 0.25) is 0 Å². The normalized spacial score (nSPS) is 10.8. The lowest BCUT2D eigenvalue weighted by Gasteiger charge is -2.08. The Labute approximate surface area is 176 Å². The molecule has 0 atom stereocenters. The Morgan fingerprint density at radius 2 is 1.74 bits per heavy atom. The average Bonchev–Trinajstić information content (AvgIpc) is 3.16. The maximum absolute atomic E-state index is 12.8. The van der Waals surface area contributed by atoms with Gasteiger partial charge in [-0.1, -0.05) is 17.3 Å². The van der Waals surface area contributed by atoms with E-state index in [1.165, 1.54) is 22.5 Å². The molecule has 0 aliphatic heterocycles. The molecule has 0 saturated carbocycles. The summed E-state index contributed by atoms with van der Waals surface area (Å²) in [6.07, 6.45) is 1.31. The van der Waals surface area contributed by atoms with Crippen molar-refractivity contribution in [3.8, 4) is 5.69 Å². The van der Waals surface area contributed by atoms with Crippen LogP contribution in [0.25, 0.3) is 16.9 Å². The third-order valence-electron chi connectivity index (χ3n) is 4.48. The molecular weight excluding hydrogens is 398 g/mol. The van der Waals surface area contributed by atoms with Gasteiger partial charge >= 0.3 is 0 Å². The first-order chi connectivity index (χ1) is 14.9. The van der Waals surface area contributed by atoms with Gasteiger partial charge in [0.2, 0.25) is 11.8 Å². The number of hydrogen-bond donors (Lipinski definition) is 2. The van der Waals surface area contributed by atoms with Crippen LogP contribution >= 0.6 is 0 Å². The summed E-state index contributed by atoms with van der Waals surface area (Å²) in [5.74, 6) is -0.583. The number of rotatable bonds is 5. The van der Waals surface area contributed by atoms with E-state index in [4.69, 9.17) is 0 Å². The van der Waals surface area contributed by atoms with Gasteiger partial charge in [-0.3, -0.25) is 19.0 Å². The van der Waals surface area contributed by atoms with E-state index in [-0.39, 0.29) is 18.0 Å². The number of aryl methyl sites for hydroxylation is 1. The van der Waals surface area contributed by atoms with Crippen molar-refractivity contribution in [3.05, 3.63) is 70.8 Å². The highest BCUT2D eigenvalue weighted by Crippen LogP contribution is 2.14. The summed E-state index contributed by atoms with van der Waals surface area (Å²) >= 11 is 0. The van der Waals surface area contributed by atoms with Crippen LogP contribution in [-0.2, 0) is 16.1 Å². The van der Waals surface area contributed by atoms with Gasteiger partial charge in [-0.15, -0.1) is 5.10 Å². The van der Waals surface area contributed by atoms with Crippen LogP contribution in [0.15, 0.2) is 59.7 Å². The molecule has 2 aromatic carbocycles. The smallest absolute Gasteiger partial charge is 0.284 e. The standard InChI is InChI=1S/C21H19N7O3/c1-13-4-3-5-17(10-13)28-20-19(25-26-28)21(31)27(12-22-20)11-18(30)24-16-8-6-15(7-9-16)23-14(2)29/h3-10,12H,11H2,1-2H3,(H,23,29)(H,24,30). The molecule has 0 spiro atoms. The molecule has 4 aromatic rings. The second kappa shape index (κ2) is 8.19. The van der Waals surface area contributed by atoms with Crippen LogP contribution < -0.4 is 16.2 Å². The molecular formula is C21H19N7O3. The van der Waals surface area contributed by atoms with Gasteiger partial charge in [-0.05, 0) is 48.9 Å². The van der Waals surface area contributed by atoms with Crippen molar-refractivity contribution in [1.29, 1.82) is 0 Å². The lowest BCUT2D eigenvalue weighted by atomic mass is 10.2. The predicted molar refractivity (Wildman–Crippen MR) is 115 cm³/mol. The maximum atomic E-state index is 12.8. The number of aromatic nitrogens is 5. The first-order valence-corrected chi connectivity index (χ1v) is 9.46. The summed E-state index contributed by atoms with van der Waals surface area (Å²) in [4.78, 5) is 40.5. The zero-order chi connectivity index (χ0) is 22.0. The van der Waals surface area contributed by atoms with Crippen LogP contribution in [0.5, 0.6) is 0 Å². The molecule has 0 fully saturated rings. The Morgan fingerprint density at radius 3 is 2.42 bits per heavy atom. The van der Waals surface area contributed by atoms with E-state index in [9.17, 15) is 14.4 Å². The van der Waals surface area contributed by atoms with Crippen molar-refractivity contribution in [1.82, 2.24) is 24.5 Å². The average molecular weight is 417 g/mol. The molecule has 0 aliphatic carbocycles. The highest BCUT2D eigenvalue weighted by molar-refractivity contribution is 5.92. The van der Waals surface area contributed by atoms with Gasteiger partial charge in [0.15, 0.2) is 11.2 Å². The first-order valence-electron chi connectivity index (χ1n) is 9.46. The molecule has 2 heterocycles. The van der Waals surface area contributed by atoms with Gasteiger partial charge in [0, 0.05) is 18.3 Å². The Hall–Kier alpha value is -4.34. The highest BCUT2D eigenvalue weighted by atomic mass is 16.2. The van der Waals surface area contributed by atoms with Crippen molar-refractivity contribution in [2.75, 3.05) is 10.6 Å². The molecule has 0 unspecified atom stereocenters. The Balaban J connectivity index is 1.52. The fourth-order valence-electron chi connectivity index (χ4n) is 3.09. The van der Waals surface area contributed by atoms with Crippen LogP contribution in [0.3, 0.4) is 0 Å². The number of fused-ring (bicyclic) bond motifs is 1. The van der Waals surface area contributed by atoms with Gasteiger partial charge in [0.05, 0.1) is 5.69 Å². The lowest BCUT2D eigenvalue weighted by molar-refractivity contribution is -0.117. The predicted octanol–water partition coefficient (Wildman–Crippen LogP) is 1.88. The van der Waals surface area contributed by atoms with Crippen LogP contribution in [0.1, 0.15) is 12.5 Å². The number of hydrogen-bond acceptors (Lipinski definition) is 6. The van der Waals surface area contributed by atoms with Crippen LogP contribution in [0, 0.1) is 6.92 Å². The van der Waals surface area contributed by atoms with Crippen molar-refractivity contribution in [2.24, 2.45) is 0 Å². The minimum atomic E-state index is -0.458. The van der Waals surface area contributed by atoms with Crippen molar-refractivity contribution < 1.29 is 9.59 Å². The molecule has 10 heteroatoms. The summed E-state index contributed by atoms with van der Waals surface area (Å²) in [7, 11) is 0. The fraction of sp³-hybridized carbons (Fsp3) is 0.143. The molecule has 31 heavy (non-hydrogen) atoms.